The maximum absolute atomic E-state index is 11.9. The number of likely N-dealkylation sites (tertiary alicyclic amines) is 1. The third-order valence-corrected chi connectivity index (χ3v) is 3.08. The summed E-state index contributed by atoms with van der Waals surface area (Å²) in [5, 5.41) is 0. The Bertz CT molecular complexity index is 433. The smallest absolute Gasteiger partial charge is 0.230 e. The van der Waals surface area contributed by atoms with Crippen LogP contribution in [0.25, 0.3) is 0 Å². The molecular weight excluding hydrogens is 230 g/mol. The molecule has 0 spiro atoms. The number of nitrogens with zero attached hydrogens (tertiary/aromatic N) is 2. The lowest BCUT2D eigenvalue weighted by Gasteiger charge is -2.28. The van der Waals surface area contributed by atoms with Gasteiger partial charge in [0.2, 0.25) is 11.8 Å². The van der Waals surface area contributed by atoms with E-state index in [2.05, 4.69) is 4.98 Å². The van der Waals surface area contributed by atoms with E-state index in [0.29, 0.717) is 25.8 Å². The molecule has 0 radical (unpaired) electrons. The van der Waals surface area contributed by atoms with Crippen molar-refractivity contribution in [1.82, 2.24) is 9.88 Å². The second-order valence-corrected chi connectivity index (χ2v) is 4.51. The summed E-state index contributed by atoms with van der Waals surface area (Å²) in [5.74, 6) is -0.280. The van der Waals surface area contributed by atoms with Crippen molar-refractivity contribution in [3.63, 3.8) is 0 Å². The van der Waals surface area contributed by atoms with Crippen LogP contribution in [0.5, 0.6) is 0 Å². The Morgan fingerprint density at radius 1 is 1.50 bits per heavy atom. The summed E-state index contributed by atoms with van der Waals surface area (Å²) < 4.78 is 0. The van der Waals surface area contributed by atoms with Crippen molar-refractivity contribution in [2.75, 3.05) is 6.54 Å². The first-order valence-electron chi connectivity index (χ1n) is 6.15. The monoisotopic (exact) mass is 247 g/mol. The first-order valence-corrected chi connectivity index (χ1v) is 6.15. The largest absolute Gasteiger partial charge is 0.327 e. The van der Waals surface area contributed by atoms with Gasteiger partial charge in [-0.1, -0.05) is 6.07 Å². The fourth-order valence-electron chi connectivity index (χ4n) is 2.04. The van der Waals surface area contributed by atoms with Gasteiger partial charge in [-0.05, 0) is 25.0 Å². The van der Waals surface area contributed by atoms with Crippen molar-refractivity contribution in [3.8, 4) is 0 Å². The van der Waals surface area contributed by atoms with Gasteiger partial charge < -0.3 is 5.73 Å². The minimum absolute atomic E-state index is 0.0997. The van der Waals surface area contributed by atoms with E-state index in [9.17, 15) is 9.59 Å². The Kier molecular flexibility index (Phi) is 4.04. The molecule has 1 aliphatic rings. The van der Waals surface area contributed by atoms with Gasteiger partial charge in [-0.2, -0.15) is 0 Å². The predicted molar refractivity (Wildman–Crippen MR) is 66.5 cm³/mol. The number of carbonyl (C=O) groups is 2. The van der Waals surface area contributed by atoms with Gasteiger partial charge in [0.25, 0.3) is 0 Å². The van der Waals surface area contributed by atoms with Crippen LogP contribution in [-0.2, 0) is 16.0 Å². The summed E-state index contributed by atoms with van der Waals surface area (Å²) in [6, 6.07) is 5.50. The van der Waals surface area contributed by atoms with Crippen molar-refractivity contribution in [2.45, 2.75) is 31.7 Å². The van der Waals surface area contributed by atoms with Crippen molar-refractivity contribution < 1.29 is 9.59 Å². The van der Waals surface area contributed by atoms with Gasteiger partial charge in [-0.3, -0.25) is 19.5 Å². The summed E-state index contributed by atoms with van der Waals surface area (Å²) in [5.41, 5.74) is 6.55. The average molecular weight is 247 g/mol. The predicted octanol–water partition coefficient (Wildman–Crippen LogP) is 0.490. The Balaban J connectivity index is 1.87. The summed E-state index contributed by atoms with van der Waals surface area (Å²) >= 11 is 0. The molecule has 0 saturated carbocycles. The molecular formula is C13H17N3O2. The second kappa shape index (κ2) is 5.73. The highest BCUT2D eigenvalue weighted by molar-refractivity contribution is 5.96. The van der Waals surface area contributed by atoms with Gasteiger partial charge in [0.1, 0.15) is 0 Å². The van der Waals surface area contributed by atoms with Crippen LogP contribution in [0.3, 0.4) is 0 Å². The maximum atomic E-state index is 11.9. The summed E-state index contributed by atoms with van der Waals surface area (Å²) in [7, 11) is 0. The number of amides is 2. The van der Waals surface area contributed by atoms with Crippen LogP contribution < -0.4 is 5.73 Å². The fraction of sp³-hybridized carbons (Fsp3) is 0.462. The van der Waals surface area contributed by atoms with Crippen molar-refractivity contribution in [1.29, 1.82) is 0 Å². The molecule has 2 amide bonds. The lowest BCUT2D eigenvalue weighted by molar-refractivity contribution is -0.146. The molecule has 5 nitrogen and oxygen atoms in total. The van der Waals surface area contributed by atoms with Gasteiger partial charge in [0, 0.05) is 37.3 Å². The molecule has 1 saturated heterocycles. The lowest BCUT2D eigenvalue weighted by Crippen LogP contribution is -2.46. The van der Waals surface area contributed by atoms with Crippen molar-refractivity contribution in [3.05, 3.63) is 30.1 Å². The highest BCUT2D eigenvalue weighted by Crippen LogP contribution is 2.12. The zero-order valence-electron chi connectivity index (χ0n) is 10.2. The van der Waals surface area contributed by atoms with E-state index >= 15 is 0 Å². The Morgan fingerprint density at radius 2 is 2.33 bits per heavy atom. The standard InChI is InChI=1S/C13H17N3O2/c14-10-6-8-16(13(18)9-10)12(17)5-4-11-3-1-2-7-15-11/h1-3,7,10H,4-6,8-9,14H2. The topological polar surface area (TPSA) is 76.3 Å². The Morgan fingerprint density at radius 3 is 3.00 bits per heavy atom. The molecule has 96 valence electrons. The molecule has 1 aliphatic heterocycles. The number of imide groups is 1. The minimum atomic E-state index is -0.153. The normalized spacial score (nSPS) is 19.9. The molecule has 1 aromatic rings. The Hall–Kier alpha value is -1.75. The number of hydrogen-bond donors (Lipinski definition) is 1. The molecule has 1 fully saturated rings. The molecule has 1 atom stereocenters. The second-order valence-electron chi connectivity index (χ2n) is 4.51. The number of piperidine rings is 1. The molecule has 0 aliphatic carbocycles. The number of nitrogens with two attached hydrogens (primary N) is 1. The van der Waals surface area contributed by atoms with Gasteiger partial charge in [0.15, 0.2) is 0 Å². The van der Waals surface area contributed by atoms with E-state index in [1.54, 1.807) is 6.20 Å². The number of pyridine rings is 1. The number of aryl methyl sites for hydroxylation is 1. The summed E-state index contributed by atoms with van der Waals surface area (Å²) in [4.78, 5) is 29.1. The molecule has 18 heavy (non-hydrogen) atoms. The number of aromatic nitrogens is 1. The van der Waals surface area contributed by atoms with Crippen LogP contribution in [0, 0.1) is 0 Å². The van der Waals surface area contributed by atoms with Gasteiger partial charge in [-0.25, -0.2) is 0 Å². The van der Waals surface area contributed by atoms with E-state index in [-0.39, 0.29) is 24.3 Å². The van der Waals surface area contributed by atoms with Crippen LogP contribution in [-0.4, -0.2) is 34.3 Å². The van der Waals surface area contributed by atoms with Crippen LogP contribution in [0.2, 0.25) is 0 Å². The molecule has 0 aromatic carbocycles. The van der Waals surface area contributed by atoms with E-state index in [0.717, 1.165) is 5.69 Å². The third-order valence-electron chi connectivity index (χ3n) is 3.08. The molecule has 1 aromatic heterocycles. The van der Waals surface area contributed by atoms with Gasteiger partial charge >= 0.3 is 0 Å². The molecule has 2 heterocycles. The van der Waals surface area contributed by atoms with E-state index in [1.165, 1.54) is 4.90 Å². The van der Waals surface area contributed by atoms with Crippen molar-refractivity contribution in [2.24, 2.45) is 5.73 Å². The van der Waals surface area contributed by atoms with Crippen LogP contribution in [0.4, 0.5) is 0 Å². The molecule has 5 heteroatoms. The number of rotatable bonds is 3. The van der Waals surface area contributed by atoms with Crippen LogP contribution in [0.15, 0.2) is 24.4 Å². The highest BCUT2D eigenvalue weighted by atomic mass is 16.2. The zero-order chi connectivity index (χ0) is 13.0. The summed E-state index contributed by atoms with van der Waals surface area (Å²) in [6.07, 6.45) is 3.55. The first-order chi connectivity index (χ1) is 8.66. The van der Waals surface area contributed by atoms with E-state index < -0.39 is 0 Å². The first kappa shape index (κ1) is 12.7. The highest BCUT2D eigenvalue weighted by Gasteiger charge is 2.27. The minimum Gasteiger partial charge on any atom is -0.327 e. The zero-order valence-corrected chi connectivity index (χ0v) is 10.2. The van der Waals surface area contributed by atoms with E-state index in [1.807, 2.05) is 18.2 Å². The molecule has 0 bridgehead atoms. The summed E-state index contributed by atoms with van der Waals surface area (Å²) in [6.45, 7) is 0.445. The lowest BCUT2D eigenvalue weighted by atomic mass is 10.0. The quantitative estimate of drug-likeness (QED) is 0.843. The third kappa shape index (κ3) is 3.13. The maximum Gasteiger partial charge on any atom is 0.230 e. The van der Waals surface area contributed by atoms with Gasteiger partial charge in [0.05, 0.1) is 0 Å². The number of carbonyl (C=O) groups excluding carboxylic acids is 2. The van der Waals surface area contributed by atoms with Gasteiger partial charge in [-0.15, -0.1) is 0 Å². The number of hydrogen-bond acceptors (Lipinski definition) is 4. The van der Waals surface area contributed by atoms with Crippen molar-refractivity contribution >= 4 is 11.8 Å². The van der Waals surface area contributed by atoms with Crippen LogP contribution in [0.1, 0.15) is 25.0 Å². The van der Waals surface area contributed by atoms with Crippen LogP contribution >= 0.6 is 0 Å². The molecule has 2 N–H and O–H groups in total. The SMILES string of the molecule is NC1CCN(C(=O)CCc2ccccn2)C(=O)C1. The molecule has 2 rings (SSSR count). The molecule has 1 unspecified atom stereocenters. The Labute approximate surface area is 106 Å². The average Bonchev–Trinajstić information content (AvgIpc) is 2.37. The fourth-order valence-corrected chi connectivity index (χ4v) is 2.04. The van der Waals surface area contributed by atoms with E-state index in [4.69, 9.17) is 5.73 Å².